The van der Waals surface area contributed by atoms with E-state index in [9.17, 15) is 4.79 Å². The third kappa shape index (κ3) is 4.35. The molecular formula is C16H22ClNO3. The molecule has 0 spiro atoms. The smallest absolute Gasteiger partial charge is 0.260 e. The first-order valence-electron chi connectivity index (χ1n) is 7.41. The molecule has 0 aromatic heterocycles. The molecule has 0 radical (unpaired) electrons. The summed E-state index contributed by atoms with van der Waals surface area (Å²) in [5.74, 6) is 0.506. The van der Waals surface area contributed by atoms with Gasteiger partial charge in [-0.2, -0.15) is 0 Å². The van der Waals surface area contributed by atoms with E-state index in [1.807, 2.05) is 24.0 Å². The van der Waals surface area contributed by atoms with Gasteiger partial charge in [-0.3, -0.25) is 4.79 Å². The maximum absolute atomic E-state index is 12.3. The predicted octanol–water partition coefficient (Wildman–Crippen LogP) is 2.79. The number of ether oxygens (including phenoxy) is 1. The van der Waals surface area contributed by atoms with Crippen molar-refractivity contribution in [1.29, 1.82) is 0 Å². The van der Waals surface area contributed by atoms with E-state index in [0.29, 0.717) is 29.8 Å². The molecule has 0 atom stereocenters. The molecule has 1 N–H and O–H groups in total. The first kappa shape index (κ1) is 16.1. The Morgan fingerprint density at radius 2 is 2.24 bits per heavy atom. The van der Waals surface area contributed by atoms with Gasteiger partial charge >= 0.3 is 0 Å². The van der Waals surface area contributed by atoms with Gasteiger partial charge in [-0.15, -0.1) is 0 Å². The van der Waals surface area contributed by atoms with Crippen molar-refractivity contribution in [3.63, 3.8) is 0 Å². The lowest BCUT2D eigenvalue weighted by Gasteiger charge is -2.37. The molecule has 1 aliphatic carbocycles. The maximum atomic E-state index is 12.3. The first-order chi connectivity index (χ1) is 10.1. The minimum Gasteiger partial charge on any atom is -0.482 e. The fourth-order valence-electron chi connectivity index (χ4n) is 2.39. The van der Waals surface area contributed by atoms with E-state index < -0.39 is 0 Å². The third-order valence-electron chi connectivity index (χ3n) is 3.83. The summed E-state index contributed by atoms with van der Waals surface area (Å²) in [7, 11) is 0. The zero-order chi connectivity index (χ0) is 15.2. The molecular weight excluding hydrogens is 290 g/mol. The number of benzene rings is 1. The van der Waals surface area contributed by atoms with Crippen molar-refractivity contribution in [2.75, 3.05) is 19.8 Å². The van der Waals surface area contributed by atoms with Crippen LogP contribution in [0.3, 0.4) is 0 Å². The van der Waals surface area contributed by atoms with Crippen molar-refractivity contribution in [3.05, 3.63) is 28.8 Å². The summed E-state index contributed by atoms with van der Waals surface area (Å²) < 4.78 is 5.57. The first-order valence-corrected chi connectivity index (χ1v) is 7.79. The van der Waals surface area contributed by atoms with E-state index in [0.717, 1.165) is 24.8 Å². The van der Waals surface area contributed by atoms with Crippen molar-refractivity contribution in [2.45, 2.75) is 38.6 Å². The number of hydrogen-bond donors (Lipinski definition) is 1. The topological polar surface area (TPSA) is 49.8 Å². The number of aliphatic hydroxyl groups excluding tert-OH is 1. The summed E-state index contributed by atoms with van der Waals surface area (Å²) in [6.45, 7) is 2.63. The molecule has 1 aromatic rings. The Morgan fingerprint density at radius 1 is 1.48 bits per heavy atom. The van der Waals surface area contributed by atoms with Gasteiger partial charge in [-0.1, -0.05) is 17.7 Å². The van der Waals surface area contributed by atoms with Crippen molar-refractivity contribution >= 4 is 17.5 Å². The number of hydrogen-bond acceptors (Lipinski definition) is 3. The van der Waals surface area contributed by atoms with Crippen molar-refractivity contribution < 1.29 is 14.6 Å². The van der Waals surface area contributed by atoms with Gasteiger partial charge in [0.15, 0.2) is 6.61 Å². The normalized spacial score (nSPS) is 14.6. The van der Waals surface area contributed by atoms with Crippen LogP contribution in [0.25, 0.3) is 0 Å². The number of rotatable bonds is 7. The molecule has 0 heterocycles. The summed E-state index contributed by atoms with van der Waals surface area (Å²) in [5, 5.41) is 9.47. The van der Waals surface area contributed by atoms with E-state index in [2.05, 4.69) is 0 Å². The lowest BCUT2D eigenvalue weighted by Crippen LogP contribution is -2.46. The number of nitrogens with zero attached hydrogens (tertiary/aromatic N) is 1. The average molecular weight is 312 g/mol. The second-order valence-corrected chi connectivity index (χ2v) is 5.88. The lowest BCUT2D eigenvalue weighted by atomic mass is 9.91. The monoisotopic (exact) mass is 311 g/mol. The lowest BCUT2D eigenvalue weighted by molar-refractivity contribution is -0.137. The Hall–Kier alpha value is -1.26. The van der Waals surface area contributed by atoms with Crippen LogP contribution in [-0.4, -0.2) is 41.7 Å². The van der Waals surface area contributed by atoms with Gasteiger partial charge < -0.3 is 14.7 Å². The van der Waals surface area contributed by atoms with Gasteiger partial charge in [0.2, 0.25) is 0 Å². The van der Waals surface area contributed by atoms with Crippen LogP contribution in [0.1, 0.15) is 31.2 Å². The highest BCUT2D eigenvalue weighted by atomic mass is 35.5. The Kier molecular flexibility index (Phi) is 5.88. The van der Waals surface area contributed by atoms with Crippen LogP contribution in [0.4, 0.5) is 0 Å². The van der Waals surface area contributed by atoms with Gasteiger partial charge in [-0.05, 0) is 50.3 Å². The maximum Gasteiger partial charge on any atom is 0.260 e. The molecule has 1 aliphatic rings. The highest BCUT2D eigenvalue weighted by Gasteiger charge is 2.28. The fourth-order valence-corrected chi connectivity index (χ4v) is 2.57. The highest BCUT2D eigenvalue weighted by molar-refractivity contribution is 6.32. The standard InChI is InChI=1S/C16H22ClNO3/c1-12-6-7-14(17)15(10-12)21-11-16(20)18(8-3-9-19)13-4-2-5-13/h6-7,10,13,19H,2-5,8-9,11H2,1H3. The fraction of sp³-hybridized carbons (Fsp3) is 0.562. The number of amides is 1. The van der Waals surface area contributed by atoms with Crippen molar-refractivity contribution in [2.24, 2.45) is 0 Å². The number of halogens is 1. The third-order valence-corrected chi connectivity index (χ3v) is 4.14. The SMILES string of the molecule is Cc1ccc(Cl)c(OCC(=O)N(CCCO)C2CCC2)c1. The zero-order valence-electron chi connectivity index (χ0n) is 12.3. The molecule has 1 fully saturated rings. The molecule has 0 bridgehead atoms. The van der Waals surface area contributed by atoms with Crippen LogP contribution in [0.2, 0.25) is 5.02 Å². The van der Waals surface area contributed by atoms with Crippen LogP contribution in [0, 0.1) is 6.92 Å². The highest BCUT2D eigenvalue weighted by Crippen LogP contribution is 2.27. The van der Waals surface area contributed by atoms with E-state index in [1.165, 1.54) is 0 Å². The number of aryl methyl sites for hydroxylation is 1. The largest absolute Gasteiger partial charge is 0.482 e. The van der Waals surface area contributed by atoms with Gasteiger partial charge in [0.1, 0.15) is 5.75 Å². The van der Waals surface area contributed by atoms with Crippen molar-refractivity contribution in [3.8, 4) is 5.75 Å². The van der Waals surface area contributed by atoms with E-state index >= 15 is 0 Å². The molecule has 116 valence electrons. The Labute approximate surface area is 130 Å². The van der Waals surface area contributed by atoms with Crippen LogP contribution in [0.15, 0.2) is 18.2 Å². The van der Waals surface area contributed by atoms with E-state index in [4.69, 9.17) is 21.4 Å². The number of carbonyl (C=O) groups excluding carboxylic acids is 1. The molecule has 1 amide bonds. The zero-order valence-corrected chi connectivity index (χ0v) is 13.1. The van der Waals surface area contributed by atoms with Gasteiger partial charge in [0.25, 0.3) is 5.91 Å². The molecule has 0 saturated heterocycles. The van der Waals surface area contributed by atoms with E-state index in [-0.39, 0.29) is 19.1 Å². The second-order valence-electron chi connectivity index (χ2n) is 5.47. The molecule has 4 nitrogen and oxygen atoms in total. The summed E-state index contributed by atoms with van der Waals surface area (Å²) in [4.78, 5) is 14.2. The van der Waals surface area contributed by atoms with Crippen LogP contribution in [-0.2, 0) is 4.79 Å². The quantitative estimate of drug-likeness (QED) is 0.842. The minimum atomic E-state index is -0.0364. The molecule has 1 aromatic carbocycles. The molecule has 2 rings (SSSR count). The molecule has 5 heteroatoms. The predicted molar refractivity (Wildman–Crippen MR) is 82.7 cm³/mol. The second kappa shape index (κ2) is 7.66. The summed E-state index contributed by atoms with van der Waals surface area (Å²) >= 11 is 6.06. The number of aliphatic hydroxyl groups is 1. The van der Waals surface area contributed by atoms with Crippen molar-refractivity contribution in [1.82, 2.24) is 4.90 Å². The Balaban J connectivity index is 1.93. The summed E-state index contributed by atoms with van der Waals surface area (Å²) in [6.07, 6.45) is 3.86. The molecule has 21 heavy (non-hydrogen) atoms. The van der Waals surface area contributed by atoms with Crippen LogP contribution in [0.5, 0.6) is 5.75 Å². The van der Waals surface area contributed by atoms with Gasteiger partial charge in [0.05, 0.1) is 5.02 Å². The minimum absolute atomic E-state index is 0.00883. The van der Waals surface area contributed by atoms with Crippen LogP contribution < -0.4 is 4.74 Å². The van der Waals surface area contributed by atoms with Gasteiger partial charge in [0, 0.05) is 19.2 Å². The summed E-state index contributed by atoms with van der Waals surface area (Å²) in [6, 6.07) is 5.81. The summed E-state index contributed by atoms with van der Waals surface area (Å²) in [5.41, 5.74) is 1.04. The Bertz CT molecular complexity index is 488. The molecule has 0 aliphatic heterocycles. The molecule has 0 unspecified atom stereocenters. The number of carbonyl (C=O) groups is 1. The van der Waals surface area contributed by atoms with E-state index in [1.54, 1.807) is 6.07 Å². The van der Waals surface area contributed by atoms with Crippen LogP contribution >= 0.6 is 11.6 Å². The Morgan fingerprint density at radius 3 is 2.86 bits per heavy atom. The average Bonchev–Trinajstić information content (AvgIpc) is 2.41. The van der Waals surface area contributed by atoms with Gasteiger partial charge in [-0.25, -0.2) is 0 Å². The molecule has 1 saturated carbocycles.